The molecule has 110 valence electrons. The molecule has 2 aromatic rings. The van der Waals surface area contributed by atoms with Crippen LogP contribution in [-0.4, -0.2) is 23.2 Å². The van der Waals surface area contributed by atoms with Gasteiger partial charge < -0.3 is 15.0 Å². The van der Waals surface area contributed by atoms with Gasteiger partial charge >= 0.3 is 0 Å². The Labute approximate surface area is 120 Å². The molecule has 1 unspecified atom stereocenters. The van der Waals surface area contributed by atoms with Gasteiger partial charge in [0.05, 0.1) is 18.1 Å². The number of aromatic nitrogens is 2. The Hall–Kier alpha value is -1.55. The number of hydrogen-bond donors (Lipinski definition) is 1. The predicted molar refractivity (Wildman–Crippen MR) is 83.0 cm³/mol. The fourth-order valence-corrected chi connectivity index (χ4v) is 2.73. The molecular weight excluding hydrogens is 250 g/mol. The van der Waals surface area contributed by atoms with Crippen LogP contribution in [0.4, 0.5) is 0 Å². The highest BCUT2D eigenvalue weighted by molar-refractivity contribution is 5.77. The lowest BCUT2D eigenvalue weighted by Crippen LogP contribution is -2.20. The van der Waals surface area contributed by atoms with Gasteiger partial charge in [0.15, 0.2) is 0 Å². The van der Waals surface area contributed by atoms with E-state index in [0.717, 1.165) is 35.4 Å². The fourth-order valence-electron chi connectivity index (χ4n) is 2.73. The summed E-state index contributed by atoms with van der Waals surface area (Å²) in [6, 6.07) is 6.02. The Morgan fingerprint density at radius 3 is 2.70 bits per heavy atom. The number of methoxy groups -OCH3 is 1. The summed E-state index contributed by atoms with van der Waals surface area (Å²) in [5.74, 6) is 3.11. The van der Waals surface area contributed by atoms with Crippen molar-refractivity contribution >= 4 is 11.0 Å². The van der Waals surface area contributed by atoms with Gasteiger partial charge in [-0.2, -0.15) is 0 Å². The normalized spacial score (nSPS) is 13.1. The first kappa shape index (κ1) is 14.9. The van der Waals surface area contributed by atoms with Gasteiger partial charge in [-0.15, -0.1) is 0 Å². The standard InChI is InChI=1S/C16H25N3O/c1-11(2)7-12(10-17)8-16-18-14-9-13(20-4)5-6-15(14)19(16)3/h5-6,9,11-12H,7-8,10,17H2,1-4H3. The van der Waals surface area contributed by atoms with E-state index in [0.29, 0.717) is 18.4 Å². The molecule has 0 fully saturated rings. The summed E-state index contributed by atoms with van der Waals surface area (Å²) in [6.45, 7) is 5.19. The number of imidazole rings is 1. The van der Waals surface area contributed by atoms with Gasteiger partial charge in [-0.1, -0.05) is 13.8 Å². The molecule has 1 heterocycles. The van der Waals surface area contributed by atoms with Crippen LogP contribution in [0, 0.1) is 11.8 Å². The van der Waals surface area contributed by atoms with Crippen LogP contribution >= 0.6 is 0 Å². The first-order chi connectivity index (χ1) is 9.55. The largest absolute Gasteiger partial charge is 0.497 e. The third-order valence-electron chi connectivity index (χ3n) is 3.79. The van der Waals surface area contributed by atoms with E-state index in [1.54, 1.807) is 7.11 Å². The Bertz CT molecular complexity index is 574. The summed E-state index contributed by atoms with van der Waals surface area (Å²) in [6.07, 6.45) is 2.07. The van der Waals surface area contributed by atoms with Crippen LogP contribution < -0.4 is 10.5 Å². The average molecular weight is 275 g/mol. The van der Waals surface area contributed by atoms with Crippen molar-refractivity contribution in [3.05, 3.63) is 24.0 Å². The maximum atomic E-state index is 5.90. The van der Waals surface area contributed by atoms with Gasteiger partial charge in [-0.05, 0) is 36.9 Å². The minimum atomic E-state index is 0.493. The lowest BCUT2D eigenvalue weighted by Gasteiger charge is -2.16. The van der Waals surface area contributed by atoms with Crippen LogP contribution in [0.15, 0.2) is 18.2 Å². The smallest absolute Gasteiger partial charge is 0.121 e. The third kappa shape index (κ3) is 3.12. The molecule has 4 nitrogen and oxygen atoms in total. The van der Waals surface area contributed by atoms with Crippen molar-refractivity contribution in [2.75, 3.05) is 13.7 Å². The summed E-state index contributed by atoms with van der Waals surface area (Å²) in [7, 11) is 3.75. The molecule has 0 saturated carbocycles. The van der Waals surface area contributed by atoms with Crippen molar-refractivity contribution in [2.24, 2.45) is 24.6 Å². The lowest BCUT2D eigenvalue weighted by molar-refractivity contribution is 0.406. The number of benzene rings is 1. The molecule has 20 heavy (non-hydrogen) atoms. The van der Waals surface area contributed by atoms with Crippen molar-refractivity contribution < 1.29 is 4.74 Å². The molecule has 2 N–H and O–H groups in total. The molecule has 0 aliphatic rings. The highest BCUT2D eigenvalue weighted by Crippen LogP contribution is 2.23. The number of rotatable bonds is 6. The van der Waals surface area contributed by atoms with Gasteiger partial charge in [-0.25, -0.2) is 4.98 Å². The molecule has 0 spiro atoms. The van der Waals surface area contributed by atoms with Crippen molar-refractivity contribution in [2.45, 2.75) is 26.7 Å². The Morgan fingerprint density at radius 2 is 2.10 bits per heavy atom. The molecule has 1 aromatic heterocycles. The van der Waals surface area contributed by atoms with E-state index in [-0.39, 0.29) is 0 Å². The van der Waals surface area contributed by atoms with Crippen molar-refractivity contribution in [1.82, 2.24) is 9.55 Å². The van der Waals surface area contributed by atoms with Gasteiger partial charge in [0, 0.05) is 19.5 Å². The van der Waals surface area contributed by atoms with Gasteiger partial charge in [0.25, 0.3) is 0 Å². The second-order valence-corrected chi connectivity index (χ2v) is 5.88. The predicted octanol–water partition coefficient (Wildman–Crippen LogP) is 2.75. The molecule has 0 radical (unpaired) electrons. The summed E-state index contributed by atoms with van der Waals surface area (Å²) in [4.78, 5) is 4.74. The minimum Gasteiger partial charge on any atom is -0.497 e. The molecule has 0 aliphatic carbocycles. The zero-order valence-electron chi connectivity index (χ0n) is 12.9. The van der Waals surface area contributed by atoms with Crippen molar-refractivity contribution in [3.63, 3.8) is 0 Å². The minimum absolute atomic E-state index is 0.493. The molecule has 0 bridgehead atoms. The molecule has 2 rings (SSSR count). The number of nitrogens with zero attached hydrogens (tertiary/aromatic N) is 2. The average Bonchev–Trinajstić information content (AvgIpc) is 2.73. The number of nitrogens with two attached hydrogens (primary N) is 1. The zero-order chi connectivity index (χ0) is 14.7. The second kappa shape index (κ2) is 6.27. The van der Waals surface area contributed by atoms with Crippen LogP contribution in [0.5, 0.6) is 5.75 Å². The van der Waals surface area contributed by atoms with Crippen LogP contribution in [0.1, 0.15) is 26.1 Å². The van der Waals surface area contributed by atoms with Gasteiger partial charge in [0.1, 0.15) is 11.6 Å². The highest BCUT2D eigenvalue weighted by atomic mass is 16.5. The molecule has 1 atom stereocenters. The lowest BCUT2D eigenvalue weighted by atomic mass is 9.94. The van der Waals surface area contributed by atoms with Crippen LogP contribution in [0.25, 0.3) is 11.0 Å². The van der Waals surface area contributed by atoms with Gasteiger partial charge in [-0.3, -0.25) is 0 Å². The summed E-state index contributed by atoms with van der Waals surface area (Å²) >= 11 is 0. The number of fused-ring (bicyclic) bond motifs is 1. The maximum Gasteiger partial charge on any atom is 0.121 e. The van der Waals surface area contributed by atoms with E-state index in [1.807, 2.05) is 12.1 Å². The van der Waals surface area contributed by atoms with E-state index < -0.39 is 0 Å². The number of aryl methyl sites for hydroxylation is 1. The molecule has 0 saturated heterocycles. The first-order valence-electron chi connectivity index (χ1n) is 7.24. The molecular formula is C16H25N3O. The monoisotopic (exact) mass is 275 g/mol. The topological polar surface area (TPSA) is 53.1 Å². The van der Waals surface area contributed by atoms with Crippen molar-refractivity contribution in [1.29, 1.82) is 0 Å². The van der Waals surface area contributed by atoms with E-state index in [9.17, 15) is 0 Å². The molecule has 0 aliphatic heterocycles. The quantitative estimate of drug-likeness (QED) is 0.882. The number of ether oxygens (including phenoxy) is 1. The Balaban J connectivity index is 2.27. The van der Waals surface area contributed by atoms with Crippen LogP contribution in [0.3, 0.4) is 0 Å². The SMILES string of the molecule is COc1ccc2c(c1)nc(CC(CN)CC(C)C)n2C. The first-order valence-corrected chi connectivity index (χ1v) is 7.24. The molecule has 1 aromatic carbocycles. The Morgan fingerprint density at radius 1 is 1.35 bits per heavy atom. The van der Waals surface area contributed by atoms with E-state index in [2.05, 4.69) is 31.5 Å². The van der Waals surface area contributed by atoms with E-state index in [4.69, 9.17) is 15.5 Å². The highest BCUT2D eigenvalue weighted by Gasteiger charge is 2.15. The Kier molecular flexibility index (Phi) is 4.65. The molecule has 4 heteroatoms. The molecule has 0 amide bonds. The van der Waals surface area contributed by atoms with Gasteiger partial charge in [0.2, 0.25) is 0 Å². The second-order valence-electron chi connectivity index (χ2n) is 5.88. The summed E-state index contributed by atoms with van der Waals surface area (Å²) in [5, 5.41) is 0. The fraction of sp³-hybridized carbons (Fsp3) is 0.562. The third-order valence-corrected chi connectivity index (χ3v) is 3.79. The maximum absolute atomic E-state index is 5.90. The number of hydrogen-bond acceptors (Lipinski definition) is 3. The zero-order valence-corrected chi connectivity index (χ0v) is 12.9. The van der Waals surface area contributed by atoms with Crippen LogP contribution in [0.2, 0.25) is 0 Å². The van der Waals surface area contributed by atoms with E-state index >= 15 is 0 Å². The summed E-state index contributed by atoms with van der Waals surface area (Å²) < 4.78 is 7.42. The summed E-state index contributed by atoms with van der Waals surface area (Å²) in [5.41, 5.74) is 8.03. The van der Waals surface area contributed by atoms with Crippen LogP contribution in [-0.2, 0) is 13.5 Å². The van der Waals surface area contributed by atoms with E-state index in [1.165, 1.54) is 0 Å². The van der Waals surface area contributed by atoms with Crippen molar-refractivity contribution in [3.8, 4) is 5.75 Å².